The van der Waals surface area contributed by atoms with Crippen LogP contribution in [0.5, 0.6) is 0 Å². The van der Waals surface area contributed by atoms with Crippen LogP contribution in [0.15, 0.2) is 47.4 Å². The van der Waals surface area contributed by atoms with Gasteiger partial charge in [-0.3, -0.25) is 9.10 Å². The van der Waals surface area contributed by atoms with Crippen molar-refractivity contribution in [1.29, 1.82) is 0 Å². The molecular weight excluding hydrogens is 367 g/mol. The van der Waals surface area contributed by atoms with E-state index in [4.69, 9.17) is 0 Å². The lowest BCUT2D eigenvalue weighted by Crippen LogP contribution is -2.33. The Kier molecular flexibility index (Phi) is 4.63. The fourth-order valence-corrected chi connectivity index (χ4v) is 5.54. The maximum atomic E-state index is 14.1. The quantitative estimate of drug-likeness (QED) is 0.874. The van der Waals surface area contributed by atoms with Gasteiger partial charge in [-0.15, -0.1) is 0 Å². The van der Waals surface area contributed by atoms with E-state index in [-0.39, 0.29) is 23.4 Å². The second-order valence-electron chi connectivity index (χ2n) is 7.02. The highest BCUT2D eigenvalue weighted by Gasteiger charge is 2.34. The number of anilines is 1. The van der Waals surface area contributed by atoms with Gasteiger partial charge >= 0.3 is 0 Å². The van der Waals surface area contributed by atoms with Crippen molar-refractivity contribution in [1.82, 2.24) is 5.32 Å². The van der Waals surface area contributed by atoms with E-state index in [2.05, 4.69) is 5.32 Å². The van der Waals surface area contributed by atoms with E-state index in [9.17, 15) is 17.6 Å². The lowest BCUT2D eigenvalue weighted by atomic mass is 10.0. The smallest absolute Gasteiger partial charge is 0.267 e. The summed E-state index contributed by atoms with van der Waals surface area (Å²) < 4.78 is 41.2. The topological polar surface area (TPSA) is 66.5 Å². The summed E-state index contributed by atoms with van der Waals surface area (Å²) in [6.07, 6.45) is 4.62. The van der Waals surface area contributed by atoms with Gasteiger partial charge in [0.1, 0.15) is 10.7 Å². The van der Waals surface area contributed by atoms with Gasteiger partial charge < -0.3 is 5.32 Å². The van der Waals surface area contributed by atoms with E-state index in [0.29, 0.717) is 23.2 Å². The number of fused-ring (bicyclic) bond motifs is 1. The molecule has 1 fully saturated rings. The predicted octanol–water partition coefficient (Wildman–Crippen LogP) is 3.25. The Balaban J connectivity index is 1.67. The molecule has 0 bridgehead atoms. The van der Waals surface area contributed by atoms with Crippen LogP contribution in [-0.4, -0.2) is 26.9 Å². The predicted molar refractivity (Wildman–Crippen MR) is 101 cm³/mol. The molecule has 2 aromatic carbocycles. The van der Waals surface area contributed by atoms with E-state index in [0.717, 1.165) is 31.7 Å². The normalized spacial score (nSPS) is 17.1. The van der Waals surface area contributed by atoms with E-state index < -0.39 is 15.8 Å². The number of sulfonamides is 1. The summed E-state index contributed by atoms with van der Waals surface area (Å²) in [5, 5.41) is 3.05. The van der Waals surface area contributed by atoms with Gasteiger partial charge in [0, 0.05) is 18.2 Å². The molecule has 7 heteroatoms. The third-order valence-corrected chi connectivity index (χ3v) is 7.17. The van der Waals surface area contributed by atoms with Crippen LogP contribution in [-0.2, 0) is 16.4 Å². The molecule has 5 nitrogen and oxygen atoms in total. The lowest BCUT2D eigenvalue weighted by molar-refractivity contribution is 0.0937. The zero-order chi connectivity index (χ0) is 19.0. The first-order valence-corrected chi connectivity index (χ1v) is 10.6. The highest BCUT2D eigenvalue weighted by atomic mass is 32.2. The molecule has 1 aliphatic carbocycles. The molecule has 142 valence electrons. The molecule has 27 heavy (non-hydrogen) atoms. The molecule has 2 aliphatic rings. The molecule has 0 unspecified atom stereocenters. The Hall–Kier alpha value is -2.41. The molecule has 4 rings (SSSR count). The molecule has 0 spiro atoms. The van der Waals surface area contributed by atoms with Crippen LogP contribution in [0.4, 0.5) is 10.1 Å². The number of hydrogen-bond acceptors (Lipinski definition) is 3. The Bertz CT molecular complexity index is 984. The summed E-state index contributed by atoms with van der Waals surface area (Å²) >= 11 is 0. The Morgan fingerprint density at radius 3 is 2.56 bits per heavy atom. The molecule has 0 radical (unpaired) electrons. The van der Waals surface area contributed by atoms with Crippen LogP contribution in [0.3, 0.4) is 0 Å². The van der Waals surface area contributed by atoms with E-state index in [1.807, 2.05) is 0 Å². The van der Waals surface area contributed by atoms with Crippen LogP contribution in [0.1, 0.15) is 41.6 Å². The fourth-order valence-electron chi connectivity index (χ4n) is 3.97. The van der Waals surface area contributed by atoms with Crippen molar-refractivity contribution in [2.75, 3.05) is 10.8 Å². The summed E-state index contributed by atoms with van der Waals surface area (Å²) in [6, 6.07) is 10.6. The minimum Gasteiger partial charge on any atom is -0.349 e. The van der Waals surface area contributed by atoms with Crippen molar-refractivity contribution < 1.29 is 17.6 Å². The van der Waals surface area contributed by atoms with Gasteiger partial charge in [-0.1, -0.05) is 31.0 Å². The van der Waals surface area contributed by atoms with Crippen LogP contribution in [0, 0.1) is 5.82 Å². The number of amides is 1. The van der Waals surface area contributed by atoms with Crippen molar-refractivity contribution in [3.05, 3.63) is 59.4 Å². The number of halogens is 1. The number of rotatable bonds is 4. The molecule has 1 amide bonds. The third-order valence-electron chi connectivity index (χ3n) is 5.32. The number of benzene rings is 2. The van der Waals surface area contributed by atoms with Crippen molar-refractivity contribution in [3.63, 3.8) is 0 Å². The number of nitrogens with one attached hydrogen (secondary N) is 1. The number of carbonyl (C=O) groups is 1. The highest BCUT2D eigenvalue weighted by Crippen LogP contribution is 2.35. The Morgan fingerprint density at radius 1 is 1.07 bits per heavy atom. The number of carbonyl (C=O) groups excluding carboxylic acids is 1. The summed E-state index contributed by atoms with van der Waals surface area (Å²) in [6.45, 7) is 0.194. The SMILES string of the molecule is O=C(NC1CCCC1)c1cccc2c1CCN2S(=O)(=O)c1ccccc1F. The van der Waals surface area contributed by atoms with E-state index in [1.165, 1.54) is 22.5 Å². The van der Waals surface area contributed by atoms with Gasteiger partial charge in [-0.25, -0.2) is 12.8 Å². The first-order chi connectivity index (χ1) is 13.0. The average Bonchev–Trinajstić information content (AvgIpc) is 3.31. The second-order valence-corrected chi connectivity index (χ2v) is 8.85. The third kappa shape index (κ3) is 3.20. The first-order valence-electron chi connectivity index (χ1n) is 9.18. The largest absolute Gasteiger partial charge is 0.349 e. The number of nitrogens with zero attached hydrogens (tertiary/aromatic N) is 1. The molecule has 1 N–H and O–H groups in total. The van der Waals surface area contributed by atoms with Gasteiger partial charge in [0.2, 0.25) is 0 Å². The maximum Gasteiger partial charge on any atom is 0.267 e. The van der Waals surface area contributed by atoms with Crippen molar-refractivity contribution in [2.24, 2.45) is 0 Å². The summed E-state index contributed by atoms with van der Waals surface area (Å²) in [4.78, 5) is 12.4. The van der Waals surface area contributed by atoms with E-state index in [1.54, 1.807) is 18.2 Å². The van der Waals surface area contributed by atoms with E-state index >= 15 is 0 Å². The maximum absolute atomic E-state index is 14.1. The van der Waals surface area contributed by atoms with Crippen molar-refractivity contribution in [3.8, 4) is 0 Å². The average molecular weight is 388 g/mol. The standard InChI is InChI=1S/C20H21FN2O3S/c21-17-9-3-4-11-19(17)27(25,26)23-13-12-15-16(8-5-10-18(15)23)20(24)22-14-6-1-2-7-14/h3-5,8-11,14H,1-2,6-7,12-13H2,(H,22,24). The molecule has 1 heterocycles. The van der Waals surface area contributed by atoms with Crippen molar-refractivity contribution >= 4 is 21.6 Å². The van der Waals surface area contributed by atoms with Crippen molar-refractivity contribution in [2.45, 2.75) is 43.0 Å². The minimum atomic E-state index is -4.02. The van der Waals surface area contributed by atoms with Crippen LogP contribution < -0.4 is 9.62 Å². The minimum absolute atomic E-state index is 0.163. The second kappa shape index (κ2) is 6.96. The number of hydrogen-bond donors (Lipinski definition) is 1. The summed E-state index contributed by atoms with van der Waals surface area (Å²) in [7, 11) is -4.02. The molecule has 2 aromatic rings. The molecular formula is C20H21FN2O3S. The lowest BCUT2D eigenvalue weighted by Gasteiger charge is -2.20. The van der Waals surface area contributed by atoms with Gasteiger partial charge in [0.25, 0.3) is 15.9 Å². The monoisotopic (exact) mass is 388 g/mol. The van der Waals surface area contributed by atoms with Gasteiger partial charge in [0.15, 0.2) is 0 Å². The molecule has 1 saturated carbocycles. The summed E-state index contributed by atoms with van der Waals surface area (Å²) in [5.41, 5.74) is 1.66. The molecule has 0 aromatic heterocycles. The molecule has 0 atom stereocenters. The van der Waals surface area contributed by atoms with Gasteiger partial charge in [0.05, 0.1) is 5.69 Å². The summed E-state index contributed by atoms with van der Waals surface area (Å²) in [5.74, 6) is -0.940. The fraction of sp³-hybridized carbons (Fsp3) is 0.350. The zero-order valence-corrected chi connectivity index (χ0v) is 15.6. The van der Waals surface area contributed by atoms with Crippen LogP contribution in [0.25, 0.3) is 0 Å². The van der Waals surface area contributed by atoms with Gasteiger partial charge in [-0.05, 0) is 49.1 Å². The van der Waals surface area contributed by atoms with Gasteiger partial charge in [-0.2, -0.15) is 0 Å². The van der Waals surface area contributed by atoms with Crippen LogP contribution in [0.2, 0.25) is 0 Å². The molecule has 1 aliphatic heterocycles. The molecule has 0 saturated heterocycles. The van der Waals surface area contributed by atoms with Crippen LogP contribution >= 0.6 is 0 Å². The first kappa shape index (κ1) is 18.0. The Labute approximate surface area is 158 Å². The highest BCUT2D eigenvalue weighted by molar-refractivity contribution is 7.92. The zero-order valence-electron chi connectivity index (χ0n) is 14.8. The Morgan fingerprint density at radius 2 is 1.81 bits per heavy atom.